The maximum Gasteiger partial charge on any atom is 0.337 e. The third kappa shape index (κ3) is 4.85. The summed E-state index contributed by atoms with van der Waals surface area (Å²) in [5.41, 5.74) is 0.344. The van der Waals surface area contributed by atoms with Gasteiger partial charge in [-0.15, -0.1) is 11.6 Å². The van der Waals surface area contributed by atoms with Gasteiger partial charge in [-0.2, -0.15) is 0 Å². The Morgan fingerprint density at radius 1 is 1.45 bits per heavy atom. The number of anilines is 1. The highest BCUT2D eigenvalue weighted by Gasteiger charge is 2.18. The molecule has 1 N–H and O–H groups in total. The van der Waals surface area contributed by atoms with E-state index >= 15 is 0 Å². The van der Waals surface area contributed by atoms with Gasteiger partial charge < -0.3 is 4.74 Å². The minimum atomic E-state index is -3.59. The minimum Gasteiger partial charge on any atom is -0.465 e. The van der Waals surface area contributed by atoms with Crippen molar-refractivity contribution in [3.8, 4) is 0 Å². The average molecular weight is 340 g/mol. The zero-order valence-corrected chi connectivity index (χ0v) is 13.3. The first kappa shape index (κ1) is 17.1. The predicted molar refractivity (Wildman–Crippen MR) is 80.1 cm³/mol. The molecule has 112 valence electrons. The number of carbonyl (C=O) groups is 1. The Morgan fingerprint density at radius 2 is 2.10 bits per heavy atom. The van der Waals surface area contributed by atoms with Crippen molar-refractivity contribution in [2.24, 2.45) is 5.92 Å². The first-order valence-electron chi connectivity index (χ1n) is 5.73. The fraction of sp³-hybridized carbons (Fsp3) is 0.417. The summed E-state index contributed by atoms with van der Waals surface area (Å²) in [7, 11) is -2.35. The summed E-state index contributed by atoms with van der Waals surface area (Å²) in [4.78, 5) is 11.4. The molecule has 8 heteroatoms. The summed E-state index contributed by atoms with van der Waals surface area (Å²) in [5, 5.41) is 0.194. The van der Waals surface area contributed by atoms with Crippen molar-refractivity contribution in [2.75, 3.05) is 23.5 Å². The van der Waals surface area contributed by atoms with Crippen LogP contribution in [0.25, 0.3) is 0 Å². The molecule has 1 aromatic rings. The highest BCUT2D eigenvalue weighted by molar-refractivity contribution is 7.92. The molecule has 1 atom stereocenters. The summed E-state index contributed by atoms with van der Waals surface area (Å²) in [6.45, 7) is 1.72. The summed E-state index contributed by atoms with van der Waals surface area (Å²) in [6, 6.07) is 4.21. The fourth-order valence-electron chi connectivity index (χ4n) is 1.48. The van der Waals surface area contributed by atoms with Gasteiger partial charge in [-0.3, -0.25) is 4.72 Å². The lowest BCUT2D eigenvalue weighted by Gasteiger charge is -2.13. The second kappa shape index (κ2) is 7.15. The Bertz CT molecular complexity index is 589. The van der Waals surface area contributed by atoms with Crippen LogP contribution in [0.4, 0.5) is 5.69 Å². The Labute approximate surface area is 128 Å². The minimum absolute atomic E-state index is 0.130. The van der Waals surface area contributed by atoms with Gasteiger partial charge in [-0.25, -0.2) is 13.2 Å². The number of carbonyl (C=O) groups excluding carboxylic acids is 1. The van der Waals surface area contributed by atoms with Crippen LogP contribution in [0.1, 0.15) is 17.3 Å². The van der Waals surface area contributed by atoms with Crippen molar-refractivity contribution in [1.29, 1.82) is 0 Å². The lowest BCUT2D eigenvalue weighted by Crippen LogP contribution is -2.22. The predicted octanol–water partition coefficient (Wildman–Crippen LogP) is 2.74. The molecule has 0 spiro atoms. The smallest absolute Gasteiger partial charge is 0.337 e. The van der Waals surface area contributed by atoms with Crippen molar-refractivity contribution in [3.63, 3.8) is 0 Å². The lowest BCUT2D eigenvalue weighted by molar-refractivity contribution is 0.0601. The molecule has 0 bridgehead atoms. The van der Waals surface area contributed by atoms with E-state index in [4.69, 9.17) is 23.2 Å². The third-order valence-corrected chi connectivity index (χ3v) is 4.82. The molecule has 0 aromatic heterocycles. The SMILES string of the molecule is COC(=O)c1ccc(Cl)c(NS(=O)(=O)CC(C)CCl)c1. The quantitative estimate of drug-likeness (QED) is 0.638. The summed E-state index contributed by atoms with van der Waals surface area (Å²) >= 11 is 11.5. The number of sulfonamides is 1. The van der Waals surface area contributed by atoms with Gasteiger partial charge in [0, 0.05) is 5.88 Å². The first-order valence-corrected chi connectivity index (χ1v) is 8.30. The van der Waals surface area contributed by atoms with Crippen LogP contribution in [0, 0.1) is 5.92 Å². The molecule has 0 fully saturated rings. The molecular weight excluding hydrogens is 325 g/mol. The van der Waals surface area contributed by atoms with E-state index in [1.54, 1.807) is 6.92 Å². The second-order valence-electron chi connectivity index (χ2n) is 4.33. The van der Waals surface area contributed by atoms with E-state index in [9.17, 15) is 13.2 Å². The zero-order chi connectivity index (χ0) is 15.3. The van der Waals surface area contributed by atoms with E-state index in [-0.39, 0.29) is 33.8 Å². The third-order valence-electron chi connectivity index (χ3n) is 2.42. The van der Waals surface area contributed by atoms with Gasteiger partial charge in [0.1, 0.15) is 0 Å². The Hall–Kier alpha value is -0.980. The maximum atomic E-state index is 11.9. The highest BCUT2D eigenvalue weighted by atomic mass is 35.5. The monoisotopic (exact) mass is 339 g/mol. The molecule has 0 aliphatic heterocycles. The number of ether oxygens (including phenoxy) is 1. The van der Waals surface area contributed by atoms with Crippen LogP contribution in [-0.4, -0.2) is 33.1 Å². The molecule has 5 nitrogen and oxygen atoms in total. The number of hydrogen-bond donors (Lipinski definition) is 1. The van der Waals surface area contributed by atoms with Crippen LogP contribution < -0.4 is 4.72 Å². The number of hydrogen-bond acceptors (Lipinski definition) is 4. The van der Waals surface area contributed by atoms with Crippen LogP contribution in [0.15, 0.2) is 18.2 Å². The molecule has 0 heterocycles. The number of alkyl halides is 1. The summed E-state index contributed by atoms with van der Waals surface area (Å²) < 4.78 is 30.8. The van der Waals surface area contributed by atoms with Crippen molar-refractivity contribution in [2.45, 2.75) is 6.92 Å². The summed E-state index contributed by atoms with van der Waals surface area (Å²) in [5.74, 6) is -0.667. The molecule has 0 radical (unpaired) electrons. The topological polar surface area (TPSA) is 72.5 Å². The van der Waals surface area contributed by atoms with Crippen LogP contribution in [0.2, 0.25) is 5.02 Å². The molecule has 1 rings (SSSR count). The second-order valence-corrected chi connectivity index (χ2v) is 6.81. The van der Waals surface area contributed by atoms with E-state index < -0.39 is 16.0 Å². The van der Waals surface area contributed by atoms with E-state index in [2.05, 4.69) is 9.46 Å². The van der Waals surface area contributed by atoms with Crippen LogP contribution in [0.5, 0.6) is 0 Å². The van der Waals surface area contributed by atoms with E-state index in [0.717, 1.165) is 0 Å². The maximum absolute atomic E-state index is 11.9. The largest absolute Gasteiger partial charge is 0.465 e. The van der Waals surface area contributed by atoms with Crippen molar-refractivity contribution in [3.05, 3.63) is 28.8 Å². The van der Waals surface area contributed by atoms with Gasteiger partial charge in [-0.1, -0.05) is 18.5 Å². The van der Waals surface area contributed by atoms with Crippen LogP contribution >= 0.6 is 23.2 Å². The van der Waals surface area contributed by atoms with Crippen molar-refractivity contribution in [1.82, 2.24) is 0 Å². The van der Waals surface area contributed by atoms with Crippen molar-refractivity contribution >= 4 is 44.9 Å². The van der Waals surface area contributed by atoms with E-state index in [0.29, 0.717) is 0 Å². The normalized spacial score (nSPS) is 12.8. The molecule has 1 aromatic carbocycles. The number of benzene rings is 1. The van der Waals surface area contributed by atoms with Gasteiger partial charge >= 0.3 is 5.97 Å². The average Bonchev–Trinajstić information content (AvgIpc) is 2.39. The zero-order valence-electron chi connectivity index (χ0n) is 11.0. The molecule has 0 saturated carbocycles. The molecular formula is C12H15Cl2NO4S. The Balaban J connectivity index is 2.99. The van der Waals surface area contributed by atoms with Crippen LogP contribution in [0.3, 0.4) is 0 Å². The fourth-order valence-corrected chi connectivity index (χ4v) is 3.39. The van der Waals surface area contributed by atoms with Gasteiger partial charge in [0.2, 0.25) is 10.0 Å². The molecule has 20 heavy (non-hydrogen) atoms. The molecule has 0 saturated heterocycles. The standard InChI is InChI=1S/C12H15Cl2NO4S/c1-8(6-13)7-20(17,18)15-11-5-9(12(16)19-2)3-4-10(11)14/h3-5,8,15H,6-7H2,1-2H3. The molecule has 0 amide bonds. The molecule has 1 unspecified atom stereocenters. The highest BCUT2D eigenvalue weighted by Crippen LogP contribution is 2.25. The number of rotatable bonds is 6. The van der Waals surface area contributed by atoms with E-state index in [1.807, 2.05) is 0 Å². The number of nitrogens with one attached hydrogen (secondary N) is 1. The van der Waals surface area contributed by atoms with E-state index in [1.165, 1.54) is 25.3 Å². The first-order chi connectivity index (χ1) is 9.29. The van der Waals surface area contributed by atoms with Gasteiger partial charge in [0.15, 0.2) is 0 Å². The Kier molecular flexibility index (Phi) is 6.10. The summed E-state index contributed by atoms with van der Waals surface area (Å²) in [6.07, 6.45) is 0. The number of esters is 1. The van der Waals surface area contributed by atoms with Gasteiger partial charge in [-0.05, 0) is 24.1 Å². The van der Waals surface area contributed by atoms with Gasteiger partial charge in [0.05, 0.1) is 29.1 Å². The Morgan fingerprint density at radius 3 is 2.65 bits per heavy atom. The molecule has 0 aliphatic rings. The lowest BCUT2D eigenvalue weighted by atomic mass is 10.2. The molecule has 0 aliphatic carbocycles. The number of methoxy groups -OCH3 is 1. The van der Waals surface area contributed by atoms with Gasteiger partial charge in [0.25, 0.3) is 0 Å². The van der Waals surface area contributed by atoms with Crippen molar-refractivity contribution < 1.29 is 17.9 Å². The van der Waals surface area contributed by atoms with Crippen LogP contribution in [-0.2, 0) is 14.8 Å². The number of halogens is 2.